The summed E-state index contributed by atoms with van der Waals surface area (Å²) in [5.74, 6) is 0.722. The molecule has 2 aromatic carbocycles. The number of ether oxygens (including phenoxy) is 1. The number of primary sulfonamides is 1. The summed E-state index contributed by atoms with van der Waals surface area (Å²) in [6.07, 6.45) is -3.02. The zero-order chi connectivity index (χ0) is 20.8. The number of aromatic nitrogens is 2. The summed E-state index contributed by atoms with van der Waals surface area (Å²) in [4.78, 5) is -0.142. The van der Waals surface area contributed by atoms with Crippen LogP contribution in [0.15, 0.2) is 53.4 Å². The highest BCUT2D eigenvalue weighted by Crippen LogP contribution is 2.35. The van der Waals surface area contributed by atoms with Crippen molar-refractivity contribution in [3.8, 4) is 22.7 Å². The number of nitrogens with two attached hydrogens (primary N) is 1. The van der Waals surface area contributed by atoms with Crippen LogP contribution in [0.1, 0.15) is 17.7 Å². The minimum absolute atomic E-state index is 0.142. The zero-order valence-electron chi connectivity index (χ0n) is 15.0. The molecule has 2 heterocycles. The van der Waals surface area contributed by atoms with Crippen molar-refractivity contribution in [2.75, 3.05) is 6.61 Å². The molecule has 152 valence electrons. The average molecular weight is 423 g/mol. The minimum atomic E-state index is -4.63. The van der Waals surface area contributed by atoms with E-state index < -0.39 is 21.9 Å². The molecule has 0 radical (unpaired) electrons. The van der Waals surface area contributed by atoms with Crippen LogP contribution >= 0.6 is 0 Å². The molecule has 2 N–H and O–H groups in total. The predicted molar refractivity (Wildman–Crippen MR) is 99.2 cm³/mol. The lowest BCUT2D eigenvalue weighted by Crippen LogP contribution is -2.12. The van der Waals surface area contributed by atoms with Gasteiger partial charge in [0.2, 0.25) is 10.0 Å². The van der Waals surface area contributed by atoms with Crippen LogP contribution < -0.4 is 9.88 Å². The molecule has 0 unspecified atom stereocenters. The third-order valence-corrected chi connectivity index (χ3v) is 5.54. The Morgan fingerprint density at radius 1 is 1.07 bits per heavy atom. The first-order valence-electron chi connectivity index (χ1n) is 8.69. The number of benzene rings is 2. The number of sulfonamides is 1. The van der Waals surface area contributed by atoms with Gasteiger partial charge in [-0.25, -0.2) is 18.2 Å². The SMILES string of the molecule is NS(=O)(=O)c1ccc(-n2nc(C(F)(F)F)cc2-c2ccc3c(c2)CCCO3)cc1. The second kappa shape index (κ2) is 6.89. The standard InChI is InChI=1S/C19H16F3N3O3S/c20-19(21,22)18-11-16(12-3-8-17-13(10-12)2-1-9-28-17)25(24-18)14-4-6-15(7-5-14)29(23,26)27/h3-8,10-11H,1-2,9H2,(H2,23,26,27). The van der Waals surface area contributed by atoms with Gasteiger partial charge in [-0.05, 0) is 66.9 Å². The molecule has 0 spiro atoms. The Labute approximate surface area is 164 Å². The summed E-state index contributed by atoms with van der Waals surface area (Å²) >= 11 is 0. The summed E-state index contributed by atoms with van der Waals surface area (Å²) < 4.78 is 69.5. The van der Waals surface area contributed by atoms with E-state index in [9.17, 15) is 21.6 Å². The molecule has 4 rings (SSSR count). The number of hydrogen-bond donors (Lipinski definition) is 1. The van der Waals surface area contributed by atoms with Crippen LogP contribution in [0.25, 0.3) is 16.9 Å². The van der Waals surface area contributed by atoms with Crippen LogP contribution in [0.5, 0.6) is 5.75 Å². The van der Waals surface area contributed by atoms with Crippen LogP contribution in [-0.2, 0) is 22.6 Å². The summed E-state index contributed by atoms with van der Waals surface area (Å²) in [6.45, 7) is 0.610. The summed E-state index contributed by atoms with van der Waals surface area (Å²) in [7, 11) is -3.92. The first-order valence-corrected chi connectivity index (χ1v) is 10.2. The molecule has 0 saturated heterocycles. The smallest absolute Gasteiger partial charge is 0.435 e. The molecule has 1 aromatic heterocycles. The lowest BCUT2D eigenvalue weighted by atomic mass is 10.0. The van der Waals surface area contributed by atoms with Crippen molar-refractivity contribution < 1.29 is 26.3 Å². The van der Waals surface area contributed by atoms with Gasteiger partial charge in [-0.2, -0.15) is 18.3 Å². The Bertz CT molecular complexity index is 1170. The summed E-state index contributed by atoms with van der Waals surface area (Å²) in [5.41, 5.74) is 0.926. The van der Waals surface area contributed by atoms with Gasteiger partial charge in [-0.3, -0.25) is 0 Å². The van der Waals surface area contributed by atoms with E-state index in [1.54, 1.807) is 18.2 Å². The van der Waals surface area contributed by atoms with Gasteiger partial charge < -0.3 is 4.74 Å². The van der Waals surface area contributed by atoms with Crippen molar-refractivity contribution in [3.63, 3.8) is 0 Å². The van der Waals surface area contributed by atoms with Crippen molar-refractivity contribution in [2.24, 2.45) is 5.14 Å². The fraction of sp³-hybridized carbons (Fsp3) is 0.211. The lowest BCUT2D eigenvalue weighted by molar-refractivity contribution is -0.141. The molecule has 3 aromatic rings. The maximum Gasteiger partial charge on any atom is 0.435 e. The quantitative estimate of drug-likeness (QED) is 0.698. The molecule has 0 aliphatic carbocycles. The molecule has 1 aliphatic heterocycles. The fourth-order valence-corrected chi connectivity index (χ4v) is 3.73. The Morgan fingerprint density at radius 2 is 1.79 bits per heavy atom. The van der Waals surface area contributed by atoms with Crippen molar-refractivity contribution in [3.05, 3.63) is 59.8 Å². The van der Waals surface area contributed by atoms with Crippen LogP contribution in [0.3, 0.4) is 0 Å². The average Bonchev–Trinajstić information content (AvgIpc) is 3.13. The molecular formula is C19H16F3N3O3S. The Hall–Kier alpha value is -2.85. The maximum absolute atomic E-state index is 13.3. The lowest BCUT2D eigenvalue weighted by Gasteiger charge is -2.18. The van der Waals surface area contributed by atoms with Crippen molar-refractivity contribution in [1.82, 2.24) is 9.78 Å². The molecule has 29 heavy (non-hydrogen) atoms. The van der Waals surface area contributed by atoms with E-state index in [1.807, 2.05) is 0 Å². The Kier molecular flexibility index (Phi) is 4.62. The number of nitrogens with zero attached hydrogens (tertiary/aromatic N) is 2. The zero-order valence-corrected chi connectivity index (χ0v) is 15.8. The van der Waals surface area contributed by atoms with Crippen LogP contribution in [0.4, 0.5) is 13.2 Å². The van der Waals surface area contributed by atoms with Gasteiger partial charge in [0.15, 0.2) is 5.69 Å². The first-order chi connectivity index (χ1) is 13.6. The molecule has 0 bridgehead atoms. The highest BCUT2D eigenvalue weighted by molar-refractivity contribution is 7.89. The predicted octanol–water partition coefficient (Wildman–Crippen LogP) is 3.53. The highest BCUT2D eigenvalue weighted by atomic mass is 32.2. The van der Waals surface area contributed by atoms with Crippen LogP contribution in [0, 0.1) is 0 Å². The molecule has 0 saturated carbocycles. The molecule has 0 amide bonds. The summed E-state index contributed by atoms with van der Waals surface area (Å²) in [5, 5.41) is 8.79. The second-order valence-electron chi connectivity index (χ2n) is 6.64. The molecule has 0 atom stereocenters. The molecular weight excluding hydrogens is 407 g/mol. The van der Waals surface area contributed by atoms with Crippen LogP contribution in [-0.4, -0.2) is 24.8 Å². The largest absolute Gasteiger partial charge is 0.493 e. The van der Waals surface area contributed by atoms with Gasteiger partial charge in [0.1, 0.15) is 5.75 Å². The molecule has 10 heteroatoms. The number of hydrogen-bond acceptors (Lipinski definition) is 4. The monoisotopic (exact) mass is 423 g/mol. The molecule has 1 aliphatic rings. The summed E-state index contributed by atoms with van der Waals surface area (Å²) in [6, 6.07) is 11.3. The number of aryl methyl sites for hydroxylation is 1. The number of fused-ring (bicyclic) bond motifs is 1. The van der Waals surface area contributed by atoms with E-state index in [0.29, 0.717) is 12.2 Å². The maximum atomic E-state index is 13.3. The second-order valence-corrected chi connectivity index (χ2v) is 8.20. The van der Waals surface area contributed by atoms with Crippen molar-refractivity contribution >= 4 is 10.0 Å². The molecule has 0 fully saturated rings. The van der Waals surface area contributed by atoms with Crippen LogP contribution in [0.2, 0.25) is 0 Å². The van der Waals surface area contributed by atoms with E-state index in [0.717, 1.165) is 34.9 Å². The van der Waals surface area contributed by atoms with Crippen molar-refractivity contribution in [1.29, 1.82) is 0 Å². The van der Waals surface area contributed by atoms with E-state index in [-0.39, 0.29) is 16.3 Å². The van der Waals surface area contributed by atoms with Gasteiger partial charge in [-0.1, -0.05) is 0 Å². The van der Waals surface area contributed by atoms with Crippen molar-refractivity contribution in [2.45, 2.75) is 23.9 Å². The third kappa shape index (κ3) is 3.85. The van der Waals surface area contributed by atoms with E-state index in [4.69, 9.17) is 9.88 Å². The normalized spacial score (nSPS) is 14.3. The van der Waals surface area contributed by atoms with Gasteiger partial charge in [0.05, 0.1) is 22.9 Å². The Balaban J connectivity index is 1.85. The van der Waals surface area contributed by atoms with E-state index in [1.165, 1.54) is 24.3 Å². The third-order valence-electron chi connectivity index (χ3n) is 4.61. The van der Waals surface area contributed by atoms with E-state index >= 15 is 0 Å². The number of alkyl halides is 3. The Morgan fingerprint density at radius 3 is 2.45 bits per heavy atom. The van der Waals surface area contributed by atoms with Gasteiger partial charge >= 0.3 is 6.18 Å². The fourth-order valence-electron chi connectivity index (χ4n) is 3.22. The topological polar surface area (TPSA) is 87.2 Å². The van der Waals surface area contributed by atoms with Gasteiger partial charge in [0.25, 0.3) is 0 Å². The first kappa shape index (κ1) is 19.5. The van der Waals surface area contributed by atoms with Gasteiger partial charge in [-0.15, -0.1) is 0 Å². The minimum Gasteiger partial charge on any atom is -0.493 e. The number of rotatable bonds is 3. The van der Waals surface area contributed by atoms with E-state index in [2.05, 4.69) is 5.10 Å². The number of halogens is 3. The highest BCUT2D eigenvalue weighted by Gasteiger charge is 2.35. The van der Waals surface area contributed by atoms with Gasteiger partial charge in [0, 0.05) is 5.56 Å². The molecule has 6 nitrogen and oxygen atoms in total.